The molecule has 0 radical (unpaired) electrons. The van der Waals surface area contributed by atoms with Crippen LogP contribution < -0.4 is 10.6 Å². The Balaban J connectivity index is 1.57. The molecule has 20 heavy (non-hydrogen) atoms. The molecule has 5 heteroatoms. The molecule has 2 heterocycles. The van der Waals surface area contributed by atoms with Gasteiger partial charge >= 0.3 is 0 Å². The van der Waals surface area contributed by atoms with Crippen molar-refractivity contribution >= 4 is 11.8 Å². The van der Waals surface area contributed by atoms with Crippen LogP contribution in [0.3, 0.4) is 0 Å². The minimum atomic E-state index is 0.0176. The average Bonchev–Trinajstić information content (AvgIpc) is 2.97. The fraction of sp³-hybridized carbons (Fsp3) is 0.867. The number of fused-ring (bicyclic) bond motifs is 1. The monoisotopic (exact) mass is 279 g/mol. The summed E-state index contributed by atoms with van der Waals surface area (Å²) in [6, 6.07) is 0.442. The predicted octanol–water partition coefficient (Wildman–Crippen LogP) is 0.646. The molecule has 2 amide bonds. The van der Waals surface area contributed by atoms with Crippen LogP contribution in [0.15, 0.2) is 0 Å². The third kappa shape index (κ3) is 2.97. The summed E-state index contributed by atoms with van der Waals surface area (Å²) >= 11 is 0. The zero-order chi connectivity index (χ0) is 13.9. The van der Waals surface area contributed by atoms with Crippen LogP contribution in [0.1, 0.15) is 44.9 Å². The smallest absolute Gasteiger partial charge is 0.239 e. The third-order valence-corrected chi connectivity index (χ3v) is 5.04. The van der Waals surface area contributed by atoms with Gasteiger partial charge in [-0.2, -0.15) is 0 Å². The highest BCUT2D eigenvalue weighted by Crippen LogP contribution is 2.27. The van der Waals surface area contributed by atoms with Crippen LogP contribution in [0.4, 0.5) is 0 Å². The number of amides is 2. The first-order chi connectivity index (χ1) is 9.74. The Morgan fingerprint density at radius 3 is 2.90 bits per heavy atom. The van der Waals surface area contributed by atoms with Gasteiger partial charge in [0.15, 0.2) is 0 Å². The first-order valence-electron chi connectivity index (χ1n) is 8.03. The second-order valence-electron chi connectivity index (χ2n) is 6.44. The first-order valence-corrected chi connectivity index (χ1v) is 8.03. The summed E-state index contributed by atoms with van der Waals surface area (Å²) in [5.41, 5.74) is 0. The van der Waals surface area contributed by atoms with Gasteiger partial charge in [-0.1, -0.05) is 12.8 Å². The summed E-state index contributed by atoms with van der Waals surface area (Å²) < 4.78 is 0. The summed E-state index contributed by atoms with van der Waals surface area (Å²) in [6.45, 7) is 2.39. The largest absolute Gasteiger partial charge is 0.350 e. The van der Waals surface area contributed by atoms with Gasteiger partial charge in [-0.05, 0) is 44.7 Å². The summed E-state index contributed by atoms with van der Waals surface area (Å²) in [6.07, 6.45) is 7.14. The maximum atomic E-state index is 12.5. The quantitative estimate of drug-likeness (QED) is 0.797. The van der Waals surface area contributed by atoms with Crippen molar-refractivity contribution in [3.05, 3.63) is 0 Å². The lowest BCUT2D eigenvalue weighted by Gasteiger charge is -2.44. The van der Waals surface area contributed by atoms with Crippen LogP contribution in [0.5, 0.6) is 0 Å². The zero-order valence-corrected chi connectivity index (χ0v) is 12.1. The summed E-state index contributed by atoms with van der Waals surface area (Å²) in [7, 11) is 0. The number of nitrogens with zero attached hydrogens (tertiary/aromatic N) is 1. The van der Waals surface area contributed by atoms with E-state index >= 15 is 0 Å². The highest BCUT2D eigenvalue weighted by molar-refractivity contribution is 5.86. The number of carbonyl (C=O) groups is 2. The van der Waals surface area contributed by atoms with E-state index < -0.39 is 0 Å². The number of hydrogen-bond acceptors (Lipinski definition) is 3. The van der Waals surface area contributed by atoms with Gasteiger partial charge in [0, 0.05) is 12.5 Å². The lowest BCUT2D eigenvalue weighted by Crippen LogP contribution is -2.62. The molecule has 2 saturated heterocycles. The van der Waals surface area contributed by atoms with Crippen molar-refractivity contribution in [1.29, 1.82) is 0 Å². The van der Waals surface area contributed by atoms with Gasteiger partial charge in [0.25, 0.3) is 0 Å². The van der Waals surface area contributed by atoms with Gasteiger partial charge in [-0.15, -0.1) is 0 Å². The van der Waals surface area contributed by atoms with Gasteiger partial charge in [-0.3, -0.25) is 9.59 Å². The van der Waals surface area contributed by atoms with Crippen molar-refractivity contribution < 1.29 is 9.59 Å². The van der Waals surface area contributed by atoms with E-state index in [1.165, 1.54) is 12.8 Å². The third-order valence-electron chi connectivity index (χ3n) is 5.04. The molecule has 0 aromatic rings. The van der Waals surface area contributed by atoms with E-state index in [1.807, 2.05) is 4.90 Å². The maximum absolute atomic E-state index is 12.5. The Morgan fingerprint density at radius 1 is 1.25 bits per heavy atom. The van der Waals surface area contributed by atoms with Crippen molar-refractivity contribution in [2.45, 2.75) is 57.0 Å². The molecule has 3 atom stereocenters. The molecule has 3 fully saturated rings. The van der Waals surface area contributed by atoms with Crippen molar-refractivity contribution in [3.63, 3.8) is 0 Å². The topological polar surface area (TPSA) is 61.4 Å². The lowest BCUT2D eigenvalue weighted by molar-refractivity contribution is -0.144. The van der Waals surface area contributed by atoms with E-state index in [1.54, 1.807) is 0 Å². The molecule has 0 aromatic carbocycles. The van der Waals surface area contributed by atoms with E-state index in [0.717, 1.165) is 38.8 Å². The number of piperazine rings is 1. The molecule has 2 N–H and O–H groups in total. The van der Waals surface area contributed by atoms with Crippen LogP contribution in [0.25, 0.3) is 0 Å². The predicted molar refractivity (Wildman–Crippen MR) is 76.1 cm³/mol. The number of hydrogen-bond donors (Lipinski definition) is 2. The van der Waals surface area contributed by atoms with Crippen molar-refractivity contribution in [2.24, 2.45) is 5.92 Å². The molecule has 1 aliphatic carbocycles. The Labute approximate surface area is 120 Å². The standard InChI is InChI=1S/C15H25N3O2/c19-14-10-18(13-4-2-1-3-12(13)17-14)15(20)6-5-11-7-8-16-9-11/h11-13,16H,1-10H2,(H,17,19). The molecule has 3 rings (SSSR count). The zero-order valence-electron chi connectivity index (χ0n) is 12.1. The molecule has 0 aromatic heterocycles. The fourth-order valence-corrected chi connectivity index (χ4v) is 3.88. The second-order valence-corrected chi connectivity index (χ2v) is 6.44. The number of rotatable bonds is 3. The summed E-state index contributed by atoms with van der Waals surface area (Å²) in [5.74, 6) is 0.840. The van der Waals surface area contributed by atoms with Gasteiger partial charge < -0.3 is 15.5 Å². The number of nitrogens with one attached hydrogen (secondary N) is 2. The van der Waals surface area contributed by atoms with Crippen LogP contribution in [0.2, 0.25) is 0 Å². The van der Waals surface area contributed by atoms with Crippen LogP contribution >= 0.6 is 0 Å². The molecule has 2 aliphatic heterocycles. The molecular weight excluding hydrogens is 254 g/mol. The minimum absolute atomic E-state index is 0.0176. The molecule has 3 aliphatic rings. The fourth-order valence-electron chi connectivity index (χ4n) is 3.88. The minimum Gasteiger partial charge on any atom is -0.350 e. The molecule has 1 saturated carbocycles. The molecule has 0 spiro atoms. The Bertz CT molecular complexity index is 379. The number of carbonyl (C=O) groups excluding carboxylic acids is 2. The van der Waals surface area contributed by atoms with Crippen molar-refractivity contribution in [1.82, 2.24) is 15.5 Å². The van der Waals surface area contributed by atoms with E-state index in [9.17, 15) is 9.59 Å². The van der Waals surface area contributed by atoms with Crippen molar-refractivity contribution in [3.8, 4) is 0 Å². The molecule has 112 valence electrons. The molecule has 3 unspecified atom stereocenters. The van der Waals surface area contributed by atoms with E-state index in [2.05, 4.69) is 10.6 Å². The first kappa shape index (κ1) is 13.9. The highest BCUT2D eigenvalue weighted by atomic mass is 16.2. The van der Waals surface area contributed by atoms with E-state index in [-0.39, 0.29) is 30.4 Å². The van der Waals surface area contributed by atoms with Gasteiger partial charge in [0.05, 0.1) is 12.6 Å². The van der Waals surface area contributed by atoms with Crippen LogP contribution in [-0.2, 0) is 9.59 Å². The summed E-state index contributed by atoms with van der Waals surface area (Å²) in [5, 5.41) is 6.40. The molecule has 5 nitrogen and oxygen atoms in total. The summed E-state index contributed by atoms with van der Waals surface area (Å²) in [4.78, 5) is 26.1. The van der Waals surface area contributed by atoms with E-state index in [0.29, 0.717) is 12.3 Å². The van der Waals surface area contributed by atoms with Crippen molar-refractivity contribution in [2.75, 3.05) is 19.6 Å². The molecule has 0 bridgehead atoms. The normalized spacial score (nSPS) is 33.7. The maximum Gasteiger partial charge on any atom is 0.239 e. The highest BCUT2D eigenvalue weighted by Gasteiger charge is 2.38. The van der Waals surface area contributed by atoms with Crippen LogP contribution in [-0.4, -0.2) is 48.4 Å². The Kier molecular flexibility index (Phi) is 4.24. The van der Waals surface area contributed by atoms with Gasteiger partial charge in [-0.25, -0.2) is 0 Å². The van der Waals surface area contributed by atoms with Gasteiger partial charge in [0.1, 0.15) is 0 Å². The van der Waals surface area contributed by atoms with Gasteiger partial charge in [0.2, 0.25) is 11.8 Å². The SMILES string of the molecule is O=C1CN(C(=O)CCC2CCNC2)C2CCCCC2N1. The average molecular weight is 279 g/mol. The Hall–Kier alpha value is -1.10. The van der Waals surface area contributed by atoms with Crippen LogP contribution in [0, 0.1) is 5.92 Å². The second kappa shape index (κ2) is 6.12. The molecular formula is C15H25N3O2. The lowest BCUT2D eigenvalue weighted by atomic mass is 9.87. The Morgan fingerprint density at radius 2 is 2.10 bits per heavy atom. The van der Waals surface area contributed by atoms with E-state index in [4.69, 9.17) is 0 Å².